The van der Waals surface area contributed by atoms with Crippen LogP contribution < -0.4 is 0 Å². The Morgan fingerprint density at radius 3 is 2.69 bits per heavy atom. The Hall–Kier alpha value is -1.57. The van der Waals surface area contributed by atoms with Crippen molar-refractivity contribution in [3.63, 3.8) is 0 Å². The summed E-state index contributed by atoms with van der Waals surface area (Å²) < 4.78 is 1.97. The van der Waals surface area contributed by atoms with Crippen LogP contribution in [0, 0.1) is 6.92 Å². The molecule has 0 aliphatic rings. The second-order valence-electron chi connectivity index (χ2n) is 3.20. The third-order valence-electron chi connectivity index (χ3n) is 2.23. The minimum absolute atomic E-state index is 0.106. The van der Waals surface area contributed by atoms with E-state index in [0.29, 0.717) is 0 Å². The molecule has 0 fully saturated rings. The first-order valence-corrected chi connectivity index (χ1v) is 4.28. The molecule has 0 bridgehead atoms. The number of carbonyl (C=O) groups excluding carboxylic acids is 1. The molecule has 66 valence electrons. The number of Topliss-reactive ketones (excluding diaryl/α,β-unsaturated/α-hetero) is 1. The van der Waals surface area contributed by atoms with Gasteiger partial charge in [-0.05, 0) is 31.2 Å². The molecule has 2 aromatic rings. The summed E-state index contributed by atoms with van der Waals surface area (Å²) in [6, 6.07) is 9.82. The fourth-order valence-corrected chi connectivity index (χ4v) is 1.61. The van der Waals surface area contributed by atoms with Crippen molar-refractivity contribution in [1.29, 1.82) is 0 Å². The maximum Gasteiger partial charge on any atom is 0.176 e. The van der Waals surface area contributed by atoms with Gasteiger partial charge in [0.1, 0.15) is 0 Å². The molecular weight excluding hydrogens is 162 g/mol. The Kier molecular flexibility index (Phi) is 1.69. The van der Waals surface area contributed by atoms with Gasteiger partial charge in [0.15, 0.2) is 5.78 Å². The van der Waals surface area contributed by atoms with E-state index in [2.05, 4.69) is 0 Å². The number of hydrogen-bond acceptors (Lipinski definition) is 1. The Bertz CT molecular complexity index is 468. The minimum atomic E-state index is 0.106. The van der Waals surface area contributed by atoms with Gasteiger partial charge in [0, 0.05) is 18.1 Å². The summed E-state index contributed by atoms with van der Waals surface area (Å²) in [5.41, 5.74) is 2.92. The van der Waals surface area contributed by atoms with Crippen LogP contribution in [0.1, 0.15) is 23.1 Å². The second-order valence-corrected chi connectivity index (χ2v) is 3.20. The third kappa shape index (κ3) is 1.15. The van der Waals surface area contributed by atoms with Crippen LogP contribution in [0.4, 0.5) is 0 Å². The summed E-state index contributed by atoms with van der Waals surface area (Å²) >= 11 is 0. The molecular formula is C11H11NO. The maximum absolute atomic E-state index is 11.3. The normalized spacial score (nSPS) is 10.6. The van der Waals surface area contributed by atoms with Crippen molar-refractivity contribution in [1.82, 2.24) is 4.40 Å². The maximum atomic E-state index is 11.3. The Labute approximate surface area is 76.8 Å². The van der Waals surface area contributed by atoms with E-state index in [1.165, 1.54) is 0 Å². The summed E-state index contributed by atoms with van der Waals surface area (Å²) in [6.45, 7) is 3.59. The van der Waals surface area contributed by atoms with Crippen molar-refractivity contribution >= 4 is 11.3 Å². The molecule has 2 heteroatoms. The third-order valence-corrected chi connectivity index (χ3v) is 2.23. The van der Waals surface area contributed by atoms with Gasteiger partial charge < -0.3 is 4.40 Å². The van der Waals surface area contributed by atoms with Crippen molar-refractivity contribution in [2.24, 2.45) is 0 Å². The van der Waals surface area contributed by atoms with E-state index in [1.54, 1.807) is 6.92 Å². The van der Waals surface area contributed by atoms with E-state index in [4.69, 9.17) is 0 Å². The predicted octanol–water partition coefficient (Wildman–Crippen LogP) is 2.45. The fraction of sp³-hybridized carbons (Fsp3) is 0.182. The molecule has 13 heavy (non-hydrogen) atoms. The van der Waals surface area contributed by atoms with Gasteiger partial charge in [-0.2, -0.15) is 0 Å². The smallest absolute Gasteiger partial charge is 0.176 e. The lowest BCUT2D eigenvalue weighted by molar-refractivity contribution is 0.101. The van der Waals surface area contributed by atoms with Gasteiger partial charge in [-0.25, -0.2) is 0 Å². The van der Waals surface area contributed by atoms with Gasteiger partial charge in [-0.15, -0.1) is 0 Å². The van der Waals surface area contributed by atoms with Crippen molar-refractivity contribution in [2.45, 2.75) is 13.8 Å². The zero-order valence-corrected chi connectivity index (χ0v) is 7.74. The Morgan fingerprint density at radius 1 is 1.23 bits per heavy atom. The number of hydrogen-bond donors (Lipinski definition) is 0. The van der Waals surface area contributed by atoms with Crippen LogP contribution in [0.2, 0.25) is 0 Å². The monoisotopic (exact) mass is 173 g/mol. The molecule has 2 rings (SSSR count). The van der Waals surface area contributed by atoms with E-state index in [1.807, 2.05) is 41.7 Å². The topological polar surface area (TPSA) is 21.5 Å². The van der Waals surface area contributed by atoms with Crippen molar-refractivity contribution in [3.05, 3.63) is 41.7 Å². The van der Waals surface area contributed by atoms with Crippen LogP contribution in [0.3, 0.4) is 0 Å². The molecule has 0 unspecified atom stereocenters. The van der Waals surface area contributed by atoms with Gasteiger partial charge in [0.05, 0.1) is 5.69 Å². The van der Waals surface area contributed by atoms with Crippen molar-refractivity contribution in [3.8, 4) is 0 Å². The van der Waals surface area contributed by atoms with Gasteiger partial charge >= 0.3 is 0 Å². The highest BCUT2D eigenvalue weighted by Crippen LogP contribution is 2.13. The molecule has 2 nitrogen and oxygen atoms in total. The number of aromatic nitrogens is 1. The highest BCUT2D eigenvalue weighted by molar-refractivity contribution is 5.93. The molecule has 2 aromatic heterocycles. The predicted molar refractivity (Wildman–Crippen MR) is 52.1 cm³/mol. The SMILES string of the molecule is CC(=O)c1ccc2cccc(C)n12. The fourth-order valence-electron chi connectivity index (χ4n) is 1.61. The van der Waals surface area contributed by atoms with Crippen LogP contribution >= 0.6 is 0 Å². The zero-order valence-electron chi connectivity index (χ0n) is 7.74. The standard InChI is InChI=1S/C11H11NO/c1-8-4-3-5-10-6-7-11(9(2)13)12(8)10/h3-7H,1-2H3. The van der Waals surface area contributed by atoms with Crippen LogP contribution in [-0.4, -0.2) is 10.2 Å². The lowest BCUT2D eigenvalue weighted by Crippen LogP contribution is -2.00. The molecule has 0 saturated heterocycles. The van der Waals surface area contributed by atoms with E-state index < -0.39 is 0 Å². The first kappa shape index (κ1) is 8.05. The van der Waals surface area contributed by atoms with E-state index >= 15 is 0 Å². The largest absolute Gasteiger partial charge is 0.311 e. The van der Waals surface area contributed by atoms with Crippen LogP contribution in [-0.2, 0) is 0 Å². The number of nitrogens with zero attached hydrogens (tertiary/aromatic N) is 1. The Balaban J connectivity index is 2.86. The summed E-state index contributed by atoms with van der Waals surface area (Å²) in [4.78, 5) is 11.3. The summed E-state index contributed by atoms with van der Waals surface area (Å²) in [5, 5.41) is 0. The quantitative estimate of drug-likeness (QED) is 0.607. The molecule has 0 radical (unpaired) electrons. The summed E-state index contributed by atoms with van der Waals surface area (Å²) in [5.74, 6) is 0.106. The molecule has 0 aromatic carbocycles. The molecule has 0 atom stereocenters. The van der Waals surface area contributed by atoms with Gasteiger partial charge in [0.2, 0.25) is 0 Å². The van der Waals surface area contributed by atoms with E-state index in [9.17, 15) is 4.79 Å². The molecule has 0 aliphatic heterocycles. The number of ketones is 1. The average molecular weight is 173 g/mol. The van der Waals surface area contributed by atoms with Crippen molar-refractivity contribution in [2.75, 3.05) is 0 Å². The van der Waals surface area contributed by atoms with E-state index in [-0.39, 0.29) is 5.78 Å². The van der Waals surface area contributed by atoms with Gasteiger partial charge in [-0.1, -0.05) is 6.07 Å². The first-order valence-electron chi connectivity index (χ1n) is 4.28. The second kappa shape index (κ2) is 2.73. The molecule has 0 saturated carbocycles. The Morgan fingerprint density at radius 2 is 2.00 bits per heavy atom. The van der Waals surface area contributed by atoms with Gasteiger partial charge in [-0.3, -0.25) is 4.79 Å². The lowest BCUT2D eigenvalue weighted by Gasteiger charge is -2.02. The number of aryl methyl sites for hydroxylation is 1. The molecule has 0 amide bonds. The van der Waals surface area contributed by atoms with E-state index in [0.717, 1.165) is 16.9 Å². The first-order chi connectivity index (χ1) is 6.20. The van der Waals surface area contributed by atoms with Gasteiger partial charge in [0.25, 0.3) is 0 Å². The molecule has 0 N–H and O–H groups in total. The van der Waals surface area contributed by atoms with Crippen LogP contribution in [0.25, 0.3) is 5.52 Å². The number of pyridine rings is 1. The average Bonchev–Trinajstić information content (AvgIpc) is 2.49. The molecule has 0 aliphatic carbocycles. The zero-order chi connectivity index (χ0) is 9.42. The summed E-state index contributed by atoms with van der Waals surface area (Å²) in [6.07, 6.45) is 0. The summed E-state index contributed by atoms with van der Waals surface area (Å²) in [7, 11) is 0. The molecule has 2 heterocycles. The lowest BCUT2D eigenvalue weighted by atomic mass is 10.3. The number of carbonyl (C=O) groups is 1. The van der Waals surface area contributed by atoms with Crippen LogP contribution in [0.15, 0.2) is 30.3 Å². The highest BCUT2D eigenvalue weighted by Gasteiger charge is 2.06. The minimum Gasteiger partial charge on any atom is -0.311 e. The highest BCUT2D eigenvalue weighted by atomic mass is 16.1. The number of rotatable bonds is 1. The van der Waals surface area contributed by atoms with Crippen LogP contribution in [0.5, 0.6) is 0 Å². The van der Waals surface area contributed by atoms with Crippen molar-refractivity contribution < 1.29 is 4.79 Å². The number of fused-ring (bicyclic) bond motifs is 1. The molecule has 0 spiro atoms.